The number of morpholine rings is 1. The van der Waals surface area contributed by atoms with Crippen molar-refractivity contribution in [3.8, 4) is 11.5 Å². The molecule has 0 aliphatic carbocycles. The summed E-state index contributed by atoms with van der Waals surface area (Å²) in [5.41, 5.74) is 3.40. The number of amides is 2. The van der Waals surface area contributed by atoms with E-state index < -0.39 is 18.6 Å². The van der Waals surface area contributed by atoms with E-state index in [9.17, 15) is 14.7 Å². The zero-order chi connectivity index (χ0) is 17.6. The zero-order valence-corrected chi connectivity index (χ0v) is 13.7. The molecule has 1 unspecified atom stereocenters. The largest absolute Gasteiger partial charge is 0.454 e. The Bertz CT molecular complexity index is 632. The Morgan fingerprint density at radius 1 is 1.20 bits per heavy atom. The van der Waals surface area contributed by atoms with Crippen molar-refractivity contribution in [2.75, 3.05) is 39.7 Å². The average molecular weight is 351 g/mol. The number of fused-ring (bicyclic) bond motifs is 1. The molecule has 3 rings (SSSR count). The van der Waals surface area contributed by atoms with Crippen molar-refractivity contribution in [3.05, 3.63) is 23.8 Å². The van der Waals surface area contributed by atoms with E-state index in [-0.39, 0.29) is 19.1 Å². The highest BCUT2D eigenvalue weighted by Gasteiger charge is 2.23. The average Bonchev–Trinajstić information content (AvgIpc) is 3.08. The Morgan fingerprint density at radius 2 is 1.96 bits per heavy atom. The SMILES string of the molecule is O=C(Cc1ccc2c(c1)OCO2)NC(CO)C(=O)NN1CCOCC1. The molecule has 2 aliphatic heterocycles. The van der Waals surface area contributed by atoms with Crippen molar-refractivity contribution < 1.29 is 28.9 Å². The molecule has 9 nitrogen and oxygen atoms in total. The fraction of sp³-hybridized carbons (Fsp3) is 0.500. The number of benzene rings is 1. The van der Waals surface area contributed by atoms with E-state index in [4.69, 9.17) is 14.2 Å². The lowest BCUT2D eigenvalue weighted by molar-refractivity contribution is -0.134. The van der Waals surface area contributed by atoms with Crippen molar-refractivity contribution in [1.29, 1.82) is 0 Å². The number of carbonyl (C=O) groups is 2. The van der Waals surface area contributed by atoms with Gasteiger partial charge < -0.3 is 24.6 Å². The van der Waals surface area contributed by atoms with E-state index >= 15 is 0 Å². The zero-order valence-electron chi connectivity index (χ0n) is 13.7. The molecule has 1 fully saturated rings. The lowest BCUT2D eigenvalue weighted by Gasteiger charge is -2.28. The minimum Gasteiger partial charge on any atom is -0.454 e. The quantitative estimate of drug-likeness (QED) is 0.590. The van der Waals surface area contributed by atoms with E-state index in [1.165, 1.54) is 0 Å². The molecule has 1 aromatic rings. The van der Waals surface area contributed by atoms with Crippen molar-refractivity contribution in [2.45, 2.75) is 12.5 Å². The van der Waals surface area contributed by atoms with Crippen molar-refractivity contribution in [1.82, 2.24) is 15.8 Å². The first-order valence-electron chi connectivity index (χ1n) is 8.07. The number of nitrogens with one attached hydrogen (secondary N) is 2. The second-order valence-electron chi connectivity index (χ2n) is 5.74. The van der Waals surface area contributed by atoms with E-state index in [2.05, 4.69) is 10.7 Å². The number of rotatable bonds is 6. The molecule has 136 valence electrons. The smallest absolute Gasteiger partial charge is 0.259 e. The minimum atomic E-state index is -1.01. The van der Waals surface area contributed by atoms with Crippen LogP contribution in [0, 0.1) is 0 Å². The summed E-state index contributed by atoms with van der Waals surface area (Å²) < 4.78 is 15.7. The fourth-order valence-electron chi connectivity index (χ4n) is 2.58. The van der Waals surface area contributed by atoms with E-state index in [0.717, 1.165) is 5.56 Å². The molecule has 1 saturated heterocycles. The summed E-state index contributed by atoms with van der Waals surface area (Å²) in [5.74, 6) is 0.412. The maximum Gasteiger partial charge on any atom is 0.259 e. The first-order chi connectivity index (χ1) is 12.2. The van der Waals surface area contributed by atoms with Gasteiger partial charge in [-0.1, -0.05) is 6.07 Å². The van der Waals surface area contributed by atoms with Crippen LogP contribution in [0.15, 0.2) is 18.2 Å². The van der Waals surface area contributed by atoms with Crippen LogP contribution in [0.3, 0.4) is 0 Å². The van der Waals surface area contributed by atoms with E-state index in [1.807, 2.05) is 0 Å². The van der Waals surface area contributed by atoms with Gasteiger partial charge in [0.05, 0.1) is 26.2 Å². The summed E-state index contributed by atoms with van der Waals surface area (Å²) in [7, 11) is 0. The molecule has 1 aromatic carbocycles. The molecule has 2 heterocycles. The first kappa shape index (κ1) is 17.5. The topological polar surface area (TPSA) is 109 Å². The second kappa shape index (κ2) is 8.15. The highest BCUT2D eigenvalue weighted by Crippen LogP contribution is 2.32. The molecule has 2 aliphatic rings. The van der Waals surface area contributed by atoms with Crippen molar-refractivity contribution in [2.24, 2.45) is 0 Å². The molecular formula is C16H21N3O6. The van der Waals surface area contributed by atoms with E-state index in [0.29, 0.717) is 37.8 Å². The number of nitrogens with zero attached hydrogens (tertiary/aromatic N) is 1. The third-order valence-electron chi connectivity index (χ3n) is 3.92. The third kappa shape index (κ3) is 4.59. The van der Waals surface area contributed by atoms with Gasteiger partial charge in [-0.15, -0.1) is 0 Å². The maximum absolute atomic E-state index is 12.2. The van der Waals surface area contributed by atoms with Gasteiger partial charge in [0.25, 0.3) is 5.91 Å². The number of hydrazine groups is 1. The normalized spacial score (nSPS) is 17.8. The van der Waals surface area contributed by atoms with Crippen LogP contribution in [-0.4, -0.2) is 67.7 Å². The van der Waals surface area contributed by atoms with Gasteiger partial charge in [-0.3, -0.25) is 15.0 Å². The summed E-state index contributed by atoms with van der Waals surface area (Å²) in [4.78, 5) is 24.3. The number of aliphatic hydroxyl groups is 1. The van der Waals surface area contributed by atoms with Crippen LogP contribution in [0.4, 0.5) is 0 Å². The molecule has 0 saturated carbocycles. The lowest BCUT2D eigenvalue weighted by atomic mass is 10.1. The Labute approximate surface area is 144 Å². The second-order valence-corrected chi connectivity index (χ2v) is 5.74. The summed E-state index contributed by atoms with van der Waals surface area (Å²) in [6.07, 6.45) is 0.0674. The molecule has 2 amide bonds. The molecule has 9 heteroatoms. The Balaban J connectivity index is 1.51. The number of aliphatic hydroxyl groups excluding tert-OH is 1. The summed E-state index contributed by atoms with van der Waals surface area (Å²) in [6.45, 7) is 1.87. The number of carbonyl (C=O) groups excluding carboxylic acids is 2. The minimum absolute atomic E-state index is 0.0674. The fourth-order valence-corrected chi connectivity index (χ4v) is 2.58. The van der Waals surface area contributed by atoms with Crippen molar-refractivity contribution in [3.63, 3.8) is 0 Å². The Morgan fingerprint density at radius 3 is 2.72 bits per heavy atom. The molecule has 0 spiro atoms. The van der Waals surface area contributed by atoms with Crippen LogP contribution in [0.25, 0.3) is 0 Å². The van der Waals surface area contributed by atoms with Gasteiger partial charge in [-0.25, -0.2) is 5.01 Å². The number of ether oxygens (including phenoxy) is 3. The van der Waals surface area contributed by atoms with E-state index in [1.54, 1.807) is 23.2 Å². The van der Waals surface area contributed by atoms with Crippen LogP contribution in [-0.2, 0) is 20.7 Å². The highest BCUT2D eigenvalue weighted by atomic mass is 16.7. The van der Waals surface area contributed by atoms with Gasteiger partial charge in [0.15, 0.2) is 11.5 Å². The summed E-state index contributed by atoms with van der Waals surface area (Å²) >= 11 is 0. The summed E-state index contributed by atoms with van der Waals surface area (Å²) in [6, 6.07) is 4.21. The molecule has 3 N–H and O–H groups in total. The van der Waals surface area contributed by atoms with Gasteiger partial charge in [0, 0.05) is 13.1 Å². The van der Waals surface area contributed by atoms with Crippen LogP contribution >= 0.6 is 0 Å². The third-order valence-corrected chi connectivity index (χ3v) is 3.92. The van der Waals surface area contributed by atoms with Gasteiger partial charge in [0.2, 0.25) is 12.7 Å². The van der Waals surface area contributed by atoms with Crippen molar-refractivity contribution >= 4 is 11.8 Å². The maximum atomic E-state index is 12.2. The molecule has 0 bridgehead atoms. The predicted octanol–water partition coefficient (Wildman–Crippen LogP) is -1.20. The van der Waals surface area contributed by atoms with Gasteiger partial charge in [0.1, 0.15) is 6.04 Å². The summed E-state index contributed by atoms with van der Waals surface area (Å²) in [5, 5.41) is 13.7. The molecule has 25 heavy (non-hydrogen) atoms. The van der Waals surface area contributed by atoms with Crippen LogP contribution in [0.1, 0.15) is 5.56 Å². The molecule has 1 atom stereocenters. The Kier molecular flexibility index (Phi) is 5.69. The first-order valence-corrected chi connectivity index (χ1v) is 8.07. The highest BCUT2D eigenvalue weighted by molar-refractivity contribution is 5.88. The van der Waals surface area contributed by atoms with Crippen LogP contribution in [0.5, 0.6) is 11.5 Å². The lowest BCUT2D eigenvalue weighted by Crippen LogP contribution is -2.56. The molecule has 0 radical (unpaired) electrons. The Hall–Kier alpha value is -2.36. The number of hydrogen-bond acceptors (Lipinski definition) is 7. The standard InChI is InChI=1S/C16H21N3O6/c20-9-12(16(22)18-19-3-5-23-6-4-19)17-15(21)8-11-1-2-13-14(7-11)25-10-24-13/h1-2,7,12,20H,3-6,8-10H2,(H,17,21)(H,18,22). The van der Waals surface area contributed by atoms with Crippen LogP contribution < -0.4 is 20.2 Å². The van der Waals surface area contributed by atoms with Gasteiger partial charge >= 0.3 is 0 Å². The molecular weight excluding hydrogens is 330 g/mol. The van der Waals surface area contributed by atoms with Gasteiger partial charge in [-0.2, -0.15) is 0 Å². The van der Waals surface area contributed by atoms with Crippen LogP contribution in [0.2, 0.25) is 0 Å². The molecule has 0 aromatic heterocycles. The predicted molar refractivity (Wildman–Crippen MR) is 85.8 cm³/mol. The monoisotopic (exact) mass is 351 g/mol. The van der Waals surface area contributed by atoms with Gasteiger partial charge in [-0.05, 0) is 17.7 Å². The number of hydrogen-bond donors (Lipinski definition) is 3.